The van der Waals surface area contributed by atoms with Crippen LogP contribution < -0.4 is 5.32 Å². The van der Waals surface area contributed by atoms with E-state index in [9.17, 15) is 9.59 Å². The number of aryl methyl sites for hydroxylation is 1. The maximum Gasteiger partial charge on any atom is 0.341 e. The highest BCUT2D eigenvalue weighted by atomic mass is 16.5. The number of carbonyl (C=O) groups excluding carboxylic acids is 2. The Bertz CT molecular complexity index is 500. The van der Waals surface area contributed by atoms with Gasteiger partial charge in [0.25, 0.3) is 0 Å². The van der Waals surface area contributed by atoms with Crippen LogP contribution in [-0.2, 0) is 9.53 Å². The lowest BCUT2D eigenvalue weighted by Gasteiger charge is -2.04. The maximum atomic E-state index is 11.5. The second kappa shape index (κ2) is 7.53. The van der Waals surface area contributed by atoms with Gasteiger partial charge in [-0.05, 0) is 31.4 Å². The SMILES string of the molecule is COC(=O)c1cc(C=CC(=O)NCCC(C)C)oc1C. The molecule has 0 unspecified atom stereocenters. The Morgan fingerprint density at radius 2 is 2.15 bits per heavy atom. The number of methoxy groups -OCH3 is 1. The molecule has 0 aliphatic rings. The zero-order valence-corrected chi connectivity index (χ0v) is 12.4. The molecule has 0 aromatic carbocycles. The zero-order valence-electron chi connectivity index (χ0n) is 12.4. The van der Waals surface area contributed by atoms with Gasteiger partial charge < -0.3 is 14.5 Å². The first-order valence-corrected chi connectivity index (χ1v) is 6.58. The molecule has 20 heavy (non-hydrogen) atoms. The monoisotopic (exact) mass is 279 g/mol. The van der Waals surface area contributed by atoms with Crippen molar-refractivity contribution in [2.24, 2.45) is 5.92 Å². The van der Waals surface area contributed by atoms with Crippen LogP contribution in [-0.4, -0.2) is 25.5 Å². The lowest BCUT2D eigenvalue weighted by Crippen LogP contribution is -2.23. The number of amides is 1. The summed E-state index contributed by atoms with van der Waals surface area (Å²) in [6.07, 6.45) is 3.86. The van der Waals surface area contributed by atoms with Gasteiger partial charge in [0.1, 0.15) is 17.1 Å². The van der Waals surface area contributed by atoms with Gasteiger partial charge in [-0.3, -0.25) is 4.79 Å². The van der Waals surface area contributed by atoms with Gasteiger partial charge in [-0.1, -0.05) is 13.8 Å². The molecule has 110 valence electrons. The molecule has 1 aromatic rings. The second-order valence-corrected chi connectivity index (χ2v) is 4.92. The lowest BCUT2D eigenvalue weighted by molar-refractivity contribution is -0.116. The van der Waals surface area contributed by atoms with E-state index in [-0.39, 0.29) is 5.91 Å². The van der Waals surface area contributed by atoms with E-state index < -0.39 is 5.97 Å². The smallest absolute Gasteiger partial charge is 0.341 e. The van der Waals surface area contributed by atoms with E-state index in [1.54, 1.807) is 13.0 Å². The summed E-state index contributed by atoms with van der Waals surface area (Å²) in [5.74, 6) is 0.833. The normalized spacial score (nSPS) is 11.1. The van der Waals surface area contributed by atoms with Crippen molar-refractivity contribution in [3.8, 4) is 0 Å². The first kappa shape index (κ1) is 16.0. The second-order valence-electron chi connectivity index (χ2n) is 4.92. The largest absolute Gasteiger partial charge is 0.465 e. The summed E-state index contributed by atoms with van der Waals surface area (Å²) in [5, 5.41) is 2.78. The van der Waals surface area contributed by atoms with E-state index in [0.29, 0.717) is 29.5 Å². The van der Waals surface area contributed by atoms with Crippen LogP contribution in [0, 0.1) is 12.8 Å². The molecule has 0 fully saturated rings. The molecule has 5 nitrogen and oxygen atoms in total. The van der Waals surface area contributed by atoms with Crippen LogP contribution >= 0.6 is 0 Å². The maximum absolute atomic E-state index is 11.5. The Hall–Kier alpha value is -2.04. The summed E-state index contributed by atoms with van der Waals surface area (Å²) in [5.41, 5.74) is 0.368. The van der Waals surface area contributed by atoms with Crippen molar-refractivity contribution in [2.75, 3.05) is 13.7 Å². The highest BCUT2D eigenvalue weighted by molar-refractivity contribution is 5.93. The summed E-state index contributed by atoms with van der Waals surface area (Å²) >= 11 is 0. The van der Waals surface area contributed by atoms with E-state index >= 15 is 0 Å². The Balaban J connectivity index is 2.58. The van der Waals surface area contributed by atoms with Crippen LogP contribution in [0.15, 0.2) is 16.6 Å². The van der Waals surface area contributed by atoms with Gasteiger partial charge in [0.2, 0.25) is 5.91 Å². The molecular formula is C15H21NO4. The molecule has 0 atom stereocenters. The van der Waals surface area contributed by atoms with Crippen molar-refractivity contribution in [1.29, 1.82) is 0 Å². The number of hydrogen-bond donors (Lipinski definition) is 1. The fourth-order valence-electron chi connectivity index (χ4n) is 1.60. The molecule has 1 amide bonds. The molecule has 0 saturated carbocycles. The average Bonchev–Trinajstić information content (AvgIpc) is 2.76. The van der Waals surface area contributed by atoms with E-state index in [1.165, 1.54) is 19.3 Å². The summed E-state index contributed by atoms with van der Waals surface area (Å²) in [6.45, 7) is 6.52. The van der Waals surface area contributed by atoms with Crippen LogP contribution in [0.3, 0.4) is 0 Å². The quantitative estimate of drug-likeness (QED) is 0.642. The van der Waals surface area contributed by atoms with Crippen molar-refractivity contribution in [3.05, 3.63) is 29.2 Å². The number of furan rings is 1. The molecule has 1 rings (SSSR count). The predicted molar refractivity (Wildman–Crippen MR) is 76.3 cm³/mol. The highest BCUT2D eigenvalue weighted by Gasteiger charge is 2.14. The Morgan fingerprint density at radius 1 is 1.45 bits per heavy atom. The van der Waals surface area contributed by atoms with E-state index in [0.717, 1.165) is 6.42 Å². The summed E-state index contributed by atoms with van der Waals surface area (Å²) in [7, 11) is 1.31. The van der Waals surface area contributed by atoms with Crippen LogP contribution in [0.25, 0.3) is 6.08 Å². The number of ether oxygens (including phenoxy) is 1. The molecule has 0 saturated heterocycles. The van der Waals surface area contributed by atoms with Gasteiger partial charge in [-0.25, -0.2) is 4.79 Å². The van der Waals surface area contributed by atoms with Gasteiger partial charge in [0.05, 0.1) is 7.11 Å². The van der Waals surface area contributed by atoms with Crippen molar-refractivity contribution >= 4 is 18.0 Å². The minimum Gasteiger partial charge on any atom is -0.465 e. The lowest BCUT2D eigenvalue weighted by atomic mass is 10.1. The molecule has 1 aromatic heterocycles. The molecule has 0 aliphatic carbocycles. The fraction of sp³-hybridized carbons (Fsp3) is 0.467. The van der Waals surface area contributed by atoms with Gasteiger partial charge in [-0.15, -0.1) is 0 Å². The number of carbonyl (C=O) groups is 2. The van der Waals surface area contributed by atoms with Crippen LogP contribution in [0.1, 0.15) is 42.1 Å². The van der Waals surface area contributed by atoms with Gasteiger partial charge in [0.15, 0.2) is 0 Å². The Labute approximate surface area is 119 Å². The van der Waals surface area contributed by atoms with Crippen LogP contribution in [0.4, 0.5) is 0 Å². The van der Waals surface area contributed by atoms with Gasteiger partial charge in [0, 0.05) is 12.6 Å². The number of hydrogen-bond acceptors (Lipinski definition) is 4. The first-order valence-electron chi connectivity index (χ1n) is 6.58. The van der Waals surface area contributed by atoms with Crippen molar-refractivity contribution in [3.63, 3.8) is 0 Å². The third kappa shape index (κ3) is 4.91. The fourth-order valence-corrected chi connectivity index (χ4v) is 1.60. The van der Waals surface area contributed by atoms with Crippen molar-refractivity contribution < 1.29 is 18.7 Å². The van der Waals surface area contributed by atoms with Crippen molar-refractivity contribution in [2.45, 2.75) is 27.2 Å². The van der Waals surface area contributed by atoms with E-state index in [1.807, 2.05) is 0 Å². The Morgan fingerprint density at radius 3 is 2.75 bits per heavy atom. The number of rotatable bonds is 6. The summed E-state index contributed by atoms with van der Waals surface area (Å²) < 4.78 is 9.99. The van der Waals surface area contributed by atoms with Crippen LogP contribution in [0.2, 0.25) is 0 Å². The third-order valence-electron chi connectivity index (χ3n) is 2.76. The number of nitrogens with one attached hydrogen (secondary N) is 1. The van der Waals surface area contributed by atoms with Crippen LogP contribution in [0.5, 0.6) is 0 Å². The topological polar surface area (TPSA) is 68.5 Å². The van der Waals surface area contributed by atoms with Gasteiger partial charge in [-0.2, -0.15) is 0 Å². The zero-order chi connectivity index (χ0) is 15.1. The standard InChI is InChI=1S/C15H21NO4/c1-10(2)7-8-16-14(17)6-5-12-9-13(11(3)20-12)15(18)19-4/h5-6,9-10H,7-8H2,1-4H3,(H,16,17). The Kier molecular flexibility index (Phi) is 6.03. The predicted octanol–water partition coefficient (Wildman–Crippen LogP) is 2.55. The first-order chi connectivity index (χ1) is 9.43. The number of esters is 1. The minimum absolute atomic E-state index is 0.181. The average molecular weight is 279 g/mol. The van der Waals surface area contributed by atoms with E-state index in [4.69, 9.17) is 4.42 Å². The molecule has 1 N–H and O–H groups in total. The highest BCUT2D eigenvalue weighted by Crippen LogP contribution is 2.16. The summed E-state index contributed by atoms with van der Waals surface area (Å²) in [4.78, 5) is 23.0. The molecule has 1 heterocycles. The molecule has 5 heteroatoms. The molecule has 0 spiro atoms. The summed E-state index contributed by atoms with van der Waals surface area (Å²) in [6, 6.07) is 1.55. The third-order valence-corrected chi connectivity index (χ3v) is 2.76. The molecular weight excluding hydrogens is 258 g/mol. The molecule has 0 bridgehead atoms. The molecule has 0 aliphatic heterocycles. The minimum atomic E-state index is -0.452. The molecule has 0 radical (unpaired) electrons. The van der Waals surface area contributed by atoms with Crippen molar-refractivity contribution in [1.82, 2.24) is 5.32 Å². The van der Waals surface area contributed by atoms with Gasteiger partial charge >= 0.3 is 5.97 Å². The van der Waals surface area contributed by atoms with E-state index in [2.05, 4.69) is 23.9 Å².